The van der Waals surface area contributed by atoms with Gasteiger partial charge >= 0.3 is 0 Å². The van der Waals surface area contributed by atoms with E-state index in [0.717, 1.165) is 60.9 Å². The zero-order valence-electron chi connectivity index (χ0n) is 28.9. The minimum atomic E-state index is 0.595. The molecule has 0 aliphatic heterocycles. The zero-order chi connectivity index (χ0) is 35.6. The van der Waals surface area contributed by atoms with E-state index < -0.39 is 0 Å². The number of hydrogen-bond donors (Lipinski definition) is 0. The van der Waals surface area contributed by atoms with Gasteiger partial charge in [-0.1, -0.05) is 164 Å². The maximum atomic E-state index is 6.75. The van der Waals surface area contributed by atoms with Gasteiger partial charge in [0, 0.05) is 58.8 Å². The molecule has 3 heterocycles. The van der Waals surface area contributed by atoms with E-state index in [1.807, 2.05) is 41.7 Å². The van der Waals surface area contributed by atoms with E-state index in [0.29, 0.717) is 17.5 Å². The third kappa shape index (κ3) is 4.86. The summed E-state index contributed by atoms with van der Waals surface area (Å²) in [6.07, 6.45) is 0. The maximum absolute atomic E-state index is 6.75. The number of hydrogen-bond acceptors (Lipinski definition) is 5. The Labute approximate surface area is 314 Å². The summed E-state index contributed by atoms with van der Waals surface area (Å²) in [6, 6.07) is 61.3. The molecule has 0 fully saturated rings. The zero-order valence-corrected chi connectivity index (χ0v) is 29.7. The molecule has 0 atom stereocenters. The Kier molecular flexibility index (Phi) is 7.00. The molecule has 0 saturated carbocycles. The van der Waals surface area contributed by atoms with Gasteiger partial charge < -0.3 is 4.42 Å². The number of para-hydroxylation sites is 1. The molecule has 0 unspecified atom stereocenters. The fraction of sp³-hybridized carbons (Fsp3) is 0. The highest BCUT2D eigenvalue weighted by atomic mass is 32.1. The van der Waals surface area contributed by atoms with E-state index >= 15 is 0 Å². The molecule has 0 saturated heterocycles. The quantitative estimate of drug-likeness (QED) is 0.179. The number of rotatable bonds is 5. The minimum Gasteiger partial charge on any atom is -0.455 e. The molecule has 252 valence electrons. The second-order valence-electron chi connectivity index (χ2n) is 13.5. The monoisotopic (exact) mass is 707 g/mol. The van der Waals surface area contributed by atoms with E-state index in [2.05, 4.69) is 146 Å². The lowest BCUT2D eigenvalue weighted by atomic mass is 9.96. The highest BCUT2D eigenvalue weighted by Gasteiger charge is 2.22. The van der Waals surface area contributed by atoms with Gasteiger partial charge in [-0.25, -0.2) is 15.0 Å². The molecule has 54 heavy (non-hydrogen) atoms. The van der Waals surface area contributed by atoms with Crippen LogP contribution in [0.1, 0.15) is 0 Å². The summed E-state index contributed by atoms with van der Waals surface area (Å²) in [7, 11) is 0. The van der Waals surface area contributed by atoms with Crippen molar-refractivity contribution in [3.05, 3.63) is 176 Å². The summed E-state index contributed by atoms with van der Waals surface area (Å²) in [5, 5.41) is 6.91. The molecule has 3 aromatic heterocycles. The Balaban J connectivity index is 1.15. The SMILES string of the molecule is c1ccc(-c2nc(-c3ccccc3-c3cccc4c3sc3ccccc34)nc(-c3cccc4oc5c(-c6cccc7ccccc67)cccc5c34)n2)cc1. The van der Waals surface area contributed by atoms with Crippen molar-refractivity contribution < 1.29 is 4.42 Å². The molecule has 0 bridgehead atoms. The Morgan fingerprint density at radius 1 is 0.370 bits per heavy atom. The van der Waals surface area contributed by atoms with Gasteiger partial charge in [0.1, 0.15) is 11.2 Å². The van der Waals surface area contributed by atoms with Crippen LogP contribution in [-0.4, -0.2) is 15.0 Å². The standard InChI is InChI=1S/C49H29N3OS/c1-2-15-31(16-3-1)47-50-48(39-21-7-6-19-34(39)37-24-12-25-38-35-20-8-9-29-43(35)54-46(37)38)52-49(51-47)41-27-13-28-42-44(41)40-26-11-23-36(45(40)53-42)33-22-10-17-30-14-4-5-18-32(30)33/h1-29H. The molecule has 0 radical (unpaired) electrons. The minimum absolute atomic E-state index is 0.595. The van der Waals surface area contributed by atoms with Crippen molar-refractivity contribution in [2.45, 2.75) is 0 Å². The molecule has 0 aliphatic carbocycles. The summed E-state index contributed by atoms with van der Waals surface area (Å²) in [4.78, 5) is 15.7. The van der Waals surface area contributed by atoms with Crippen LogP contribution in [0.25, 0.3) is 109 Å². The van der Waals surface area contributed by atoms with Gasteiger partial charge in [-0.15, -0.1) is 11.3 Å². The molecule has 0 N–H and O–H groups in total. The normalized spacial score (nSPS) is 11.7. The van der Waals surface area contributed by atoms with E-state index in [4.69, 9.17) is 19.4 Å². The lowest BCUT2D eigenvalue weighted by Crippen LogP contribution is -2.01. The maximum Gasteiger partial charge on any atom is 0.164 e. The topological polar surface area (TPSA) is 51.8 Å². The fourth-order valence-corrected chi connectivity index (χ4v) is 9.14. The molecule has 11 rings (SSSR count). The number of benzene rings is 8. The van der Waals surface area contributed by atoms with Gasteiger partial charge in [0.25, 0.3) is 0 Å². The molecule has 4 nitrogen and oxygen atoms in total. The number of furan rings is 1. The van der Waals surface area contributed by atoms with E-state index in [1.54, 1.807) is 0 Å². The summed E-state index contributed by atoms with van der Waals surface area (Å²) in [5.74, 6) is 1.83. The van der Waals surface area contributed by atoms with Crippen LogP contribution in [-0.2, 0) is 0 Å². The van der Waals surface area contributed by atoms with Crippen LogP contribution >= 0.6 is 11.3 Å². The van der Waals surface area contributed by atoms with Crippen LogP contribution in [0.5, 0.6) is 0 Å². The van der Waals surface area contributed by atoms with Gasteiger partial charge in [0.15, 0.2) is 17.5 Å². The fourth-order valence-electron chi connectivity index (χ4n) is 7.91. The van der Waals surface area contributed by atoms with Crippen LogP contribution < -0.4 is 0 Å². The number of fused-ring (bicyclic) bond motifs is 7. The number of nitrogens with zero attached hydrogens (tertiary/aromatic N) is 3. The van der Waals surface area contributed by atoms with Gasteiger partial charge in [-0.05, 0) is 34.0 Å². The van der Waals surface area contributed by atoms with Crippen molar-refractivity contribution in [2.75, 3.05) is 0 Å². The van der Waals surface area contributed by atoms with Crippen LogP contribution in [0.3, 0.4) is 0 Å². The Hall–Kier alpha value is -6.95. The Morgan fingerprint density at radius 3 is 1.83 bits per heavy atom. The molecule has 11 aromatic rings. The Bertz CT molecular complexity index is 3230. The first-order valence-corrected chi connectivity index (χ1v) is 18.8. The largest absolute Gasteiger partial charge is 0.455 e. The lowest BCUT2D eigenvalue weighted by molar-refractivity contribution is 0.670. The molecule has 0 aliphatic rings. The van der Waals surface area contributed by atoms with Crippen molar-refractivity contribution in [1.29, 1.82) is 0 Å². The van der Waals surface area contributed by atoms with Crippen LogP contribution in [0.2, 0.25) is 0 Å². The second kappa shape index (κ2) is 12.3. The average Bonchev–Trinajstić information content (AvgIpc) is 3.83. The van der Waals surface area contributed by atoms with Crippen molar-refractivity contribution in [1.82, 2.24) is 15.0 Å². The van der Waals surface area contributed by atoms with Crippen LogP contribution in [0, 0.1) is 0 Å². The second-order valence-corrected chi connectivity index (χ2v) is 14.5. The Morgan fingerprint density at radius 2 is 0.944 bits per heavy atom. The van der Waals surface area contributed by atoms with Gasteiger partial charge in [0.05, 0.1) is 0 Å². The summed E-state index contributed by atoms with van der Waals surface area (Å²) in [6.45, 7) is 0. The highest BCUT2D eigenvalue weighted by molar-refractivity contribution is 7.26. The van der Waals surface area contributed by atoms with Crippen LogP contribution in [0.15, 0.2) is 180 Å². The summed E-state index contributed by atoms with van der Waals surface area (Å²) in [5.41, 5.74) is 8.83. The molecule has 0 spiro atoms. The first-order chi connectivity index (χ1) is 26.8. The smallest absolute Gasteiger partial charge is 0.164 e. The van der Waals surface area contributed by atoms with Crippen molar-refractivity contribution in [3.63, 3.8) is 0 Å². The van der Waals surface area contributed by atoms with E-state index in [-0.39, 0.29) is 0 Å². The van der Waals surface area contributed by atoms with Gasteiger partial charge in [-0.3, -0.25) is 0 Å². The van der Waals surface area contributed by atoms with Crippen LogP contribution in [0.4, 0.5) is 0 Å². The molecule has 8 aromatic carbocycles. The third-order valence-corrected chi connectivity index (χ3v) is 11.6. The summed E-state index contributed by atoms with van der Waals surface area (Å²) < 4.78 is 9.28. The van der Waals surface area contributed by atoms with E-state index in [9.17, 15) is 0 Å². The van der Waals surface area contributed by atoms with Gasteiger partial charge in [-0.2, -0.15) is 0 Å². The number of aromatic nitrogens is 3. The number of thiophene rings is 1. The highest BCUT2D eigenvalue weighted by Crippen LogP contribution is 2.44. The van der Waals surface area contributed by atoms with Crippen molar-refractivity contribution in [2.24, 2.45) is 0 Å². The van der Waals surface area contributed by atoms with Crippen molar-refractivity contribution >= 4 is 64.2 Å². The van der Waals surface area contributed by atoms with Crippen molar-refractivity contribution in [3.8, 4) is 56.4 Å². The molecule has 5 heteroatoms. The molecular formula is C49H29N3OS. The lowest BCUT2D eigenvalue weighted by Gasteiger charge is -2.13. The van der Waals surface area contributed by atoms with Gasteiger partial charge in [0.2, 0.25) is 0 Å². The molecule has 0 amide bonds. The predicted octanol–water partition coefficient (Wildman–Crippen LogP) is 13.6. The first-order valence-electron chi connectivity index (χ1n) is 18.0. The third-order valence-electron chi connectivity index (χ3n) is 10.4. The first kappa shape index (κ1) is 30.7. The van der Waals surface area contributed by atoms with E-state index in [1.165, 1.54) is 30.9 Å². The summed E-state index contributed by atoms with van der Waals surface area (Å²) >= 11 is 1.83. The average molecular weight is 708 g/mol. The predicted molar refractivity (Wildman–Crippen MR) is 225 cm³/mol. The molecular weight excluding hydrogens is 679 g/mol.